The number of thiophene rings is 1. The zero-order valence-corrected chi connectivity index (χ0v) is 18.6. The first-order valence-electron chi connectivity index (χ1n) is 10.1. The molecule has 0 saturated carbocycles. The molecule has 1 aliphatic heterocycles. The standard InChI is InChI=1S/C23H20N6O2S/c1-12-13(2)32-23-20(12)21(16-6-4-15(5-7-16)18-11-24-8-9-25-18)26-17(10-19(30)31)22-28-27-14(3)29(22)23/h4-9,11,17H,10H2,1-3H3,(H,30,31)/t17-/m0/s1. The summed E-state index contributed by atoms with van der Waals surface area (Å²) >= 11 is 1.65. The van der Waals surface area contributed by atoms with E-state index in [-0.39, 0.29) is 6.42 Å². The molecule has 1 aliphatic rings. The molecule has 1 aromatic carbocycles. The predicted molar refractivity (Wildman–Crippen MR) is 122 cm³/mol. The maximum Gasteiger partial charge on any atom is 0.306 e. The van der Waals surface area contributed by atoms with Crippen molar-refractivity contribution >= 4 is 23.0 Å². The molecule has 4 aromatic rings. The minimum Gasteiger partial charge on any atom is -0.481 e. The van der Waals surface area contributed by atoms with E-state index >= 15 is 0 Å². The largest absolute Gasteiger partial charge is 0.481 e. The number of rotatable bonds is 4. The van der Waals surface area contributed by atoms with E-state index in [2.05, 4.69) is 34.0 Å². The third-order valence-electron chi connectivity index (χ3n) is 5.62. The molecule has 3 aromatic heterocycles. The first kappa shape index (κ1) is 20.2. The Morgan fingerprint density at radius 1 is 1.09 bits per heavy atom. The van der Waals surface area contributed by atoms with E-state index in [1.165, 1.54) is 4.88 Å². The summed E-state index contributed by atoms with van der Waals surface area (Å²) in [5.74, 6) is 0.340. The first-order chi connectivity index (χ1) is 15.4. The van der Waals surface area contributed by atoms with Crippen LogP contribution in [-0.2, 0) is 4.79 Å². The molecule has 160 valence electrons. The van der Waals surface area contributed by atoms with Gasteiger partial charge < -0.3 is 5.11 Å². The summed E-state index contributed by atoms with van der Waals surface area (Å²) < 4.78 is 1.96. The van der Waals surface area contributed by atoms with E-state index in [4.69, 9.17) is 4.99 Å². The van der Waals surface area contributed by atoms with Crippen LogP contribution in [-0.4, -0.2) is 41.5 Å². The van der Waals surface area contributed by atoms with E-state index < -0.39 is 12.0 Å². The number of carboxylic acid groups (broad SMARTS) is 1. The molecule has 0 spiro atoms. The van der Waals surface area contributed by atoms with Gasteiger partial charge in [-0.25, -0.2) is 0 Å². The van der Waals surface area contributed by atoms with Gasteiger partial charge in [-0.2, -0.15) is 0 Å². The van der Waals surface area contributed by atoms with Crippen molar-refractivity contribution in [1.29, 1.82) is 0 Å². The van der Waals surface area contributed by atoms with E-state index in [0.29, 0.717) is 11.6 Å². The van der Waals surface area contributed by atoms with E-state index in [0.717, 1.165) is 38.7 Å². The number of hydrogen-bond donors (Lipinski definition) is 1. The number of nitrogens with zero attached hydrogens (tertiary/aromatic N) is 6. The normalized spacial score (nSPS) is 15.0. The highest BCUT2D eigenvalue weighted by atomic mass is 32.1. The second kappa shape index (κ2) is 7.76. The van der Waals surface area contributed by atoms with Crippen LogP contribution in [0.3, 0.4) is 0 Å². The third kappa shape index (κ3) is 3.31. The quantitative estimate of drug-likeness (QED) is 0.508. The molecule has 0 radical (unpaired) electrons. The fourth-order valence-electron chi connectivity index (χ4n) is 3.94. The van der Waals surface area contributed by atoms with Crippen LogP contribution >= 0.6 is 11.3 Å². The number of fused-ring (bicyclic) bond motifs is 3. The number of aliphatic imine (C=N–C) groups is 1. The minimum absolute atomic E-state index is 0.160. The van der Waals surface area contributed by atoms with Gasteiger partial charge in [0.05, 0.1) is 24.0 Å². The molecule has 0 unspecified atom stereocenters. The molecular formula is C23H20N6O2S. The Bertz CT molecular complexity index is 1360. The van der Waals surface area contributed by atoms with Crippen molar-refractivity contribution in [1.82, 2.24) is 24.7 Å². The van der Waals surface area contributed by atoms with Crippen molar-refractivity contribution in [3.05, 3.63) is 76.1 Å². The van der Waals surface area contributed by atoms with Gasteiger partial charge in [0, 0.05) is 34.0 Å². The Balaban J connectivity index is 1.70. The predicted octanol–water partition coefficient (Wildman–Crippen LogP) is 4.08. The Hall–Kier alpha value is -3.72. The number of aromatic nitrogens is 5. The average Bonchev–Trinajstić information content (AvgIpc) is 3.26. The number of benzene rings is 1. The maximum atomic E-state index is 11.6. The molecule has 1 N–H and O–H groups in total. The van der Waals surface area contributed by atoms with Crippen molar-refractivity contribution in [2.75, 3.05) is 0 Å². The third-order valence-corrected chi connectivity index (χ3v) is 6.82. The summed E-state index contributed by atoms with van der Waals surface area (Å²) in [5.41, 5.74) is 5.53. The average molecular weight is 445 g/mol. The van der Waals surface area contributed by atoms with Gasteiger partial charge in [0.2, 0.25) is 0 Å². The summed E-state index contributed by atoms with van der Waals surface area (Å²) in [5, 5.41) is 19.0. The maximum absolute atomic E-state index is 11.6. The van der Waals surface area contributed by atoms with E-state index in [1.54, 1.807) is 29.9 Å². The van der Waals surface area contributed by atoms with Crippen molar-refractivity contribution < 1.29 is 9.90 Å². The highest BCUT2D eigenvalue weighted by Crippen LogP contribution is 2.39. The molecular weight excluding hydrogens is 424 g/mol. The molecule has 8 nitrogen and oxygen atoms in total. The summed E-state index contributed by atoms with van der Waals surface area (Å²) in [6, 6.07) is 7.33. The van der Waals surface area contributed by atoms with Crippen LogP contribution in [0.1, 0.15) is 45.7 Å². The summed E-state index contributed by atoms with van der Waals surface area (Å²) in [6.07, 6.45) is 4.87. The van der Waals surface area contributed by atoms with Crippen LogP contribution in [0.15, 0.2) is 47.8 Å². The van der Waals surface area contributed by atoms with Crippen LogP contribution in [0.25, 0.3) is 16.3 Å². The summed E-state index contributed by atoms with van der Waals surface area (Å²) in [7, 11) is 0. The summed E-state index contributed by atoms with van der Waals surface area (Å²) in [4.78, 5) is 26.3. The Kier molecular flexibility index (Phi) is 4.90. The SMILES string of the molecule is Cc1sc2c(c1C)C(c1ccc(-c3cnccn3)cc1)=N[C@@H](CC(=O)O)c1nnc(C)n1-2. The highest BCUT2D eigenvalue weighted by molar-refractivity contribution is 7.15. The van der Waals surface area contributed by atoms with Gasteiger partial charge in [0.25, 0.3) is 0 Å². The van der Waals surface area contributed by atoms with Gasteiger partial charge in [-0.05, 0) is 26.3 Å². The molecule has 0 aliphatic carbocycles. The number of hydrogen-bond acceptors (Lipinski definition) is 7. The molecule has 1 atom stereocenters. The van der Waals surface area contributed by atoms with Crippen LogP contribution < -0.4 is 0 Å². The van der Waals surface area contributed by atoms with Gasteiger partial charge in [-0.1, -0.05) is 24.3 Å². The lowest BCUT2D eigenvalue weighted by Crippen LogP contribution is -2.10. The van der Waals surface area contributed by atoms with Gasteiger partial charge >= 0.3 is 5.97 Å². The topological polar surface area (TPSA) is 106 Å². The number of carbonyl (C=O) groups is 1. The van der Waals surface area contributed by atoms with E-state index in [1.807, 2.05) is 35.8 Å². The molecule has 0 fully saturated rings. The van der Waals surface area contributed by atoms with Gasteiger partial charge in [0.15, 0.2) is 5.82 Å². The molecule has 9 heteroatoms. The zero-order valence-electron chi connectivity index (χ0n) is 17.8. The first-order valence-corrected chi connectivity index (χ1v) is 10.9. The lowest BCUT2D eigenvalue weighted by molar-refractivity contribution is -0.137. The van der Waals surface area contributed by atoms with Crippen LogP contribution in [0, 0.1) is 20.8 Å². The minimum atomic E-state index is -0.929. The van der Waals surface area contributed by atoms with Crippen molar-refractivity contribution in [2.45, 2.75) is 33.2 Å². The highest BCUT2D eigenvalue weighted by Gasteiger charge is 2.32. The lowest BCUT2D eigenvalue weighted by Gasteiger charge is -2.11. The number of aliphatic carboxylic acids is 1. The fourth-order valence-corrected chi connectivity index (χ4v) is 5.15. The van der Waals surface area contributed by atoms with Crippen LogP contribution in [0.4, 0.5) is 0 Å². The van der Waals surface area contributed by atoms with Gasteiger partial charge in [-0.15, -0.1) is 21.5 Å². The fraction of sp³-hybridized carbons (Fsp3) is 0.217. The summed E-state index contributed by atoms with van der Waals surface area (Å²) in [6.45, 7) is 6.03. The van der Waals surface area contributed by atoms with Crippen molar-refractivity contribution in [3.8, 4) is 16.3 Å². The molecule has 0 bridgehead atoms. The zero-order chi connectivity index (χ0) is 22.4. The second-order valence-electron chi connectivity index (χ2n) is 7.66. The van der Waals surface area contributed by atoms with Gasteiger partial charge in [0.1, 0.15) is 16.9 Å². The van der Waals surface area contributed by atoms with Gasteiger partial charge in [-0.3, -0.25) is 24.3 Å². The second-order valence-corrected chi connectivity index (χ2v) is 8.87. The van der Waals surface area contributed by atoms with Crippen molar-refractivity contribution in [3.63, 3.8) is 0 Å². The monoisotopic (exact) mass is 444 g/mol. The Morgan fingerprint density at radius 2 is 1.84 bits per heavy atom. The molecule has 0 amide bonds. The Morgan fingerprint density at radius 3 is 2.53 bits per heavy atom. The van der Waals surface area contributed by atoms with Crippen LogP contribution in [0.5, 0.6) is 0 Å². The molecule has 32 heavy (non-hydrogen) atoms. The lowest BCUT2D eigenvalue weighted by atomic mass is 9.98. The number of carboxylic acids is 1. The van der Waals surface area contributed by atoms with Crippen LogP contribution in [0.2, 0.25) is 0 Å². The smallest absolute Gasteiger partial charge is 0.306 e. The molecule has 5 rings (SSSR count). The number of aryl methyl sites for hydroxylation is 2. The molecule has 4 heterocycles. The molecule has 0 saturated heterocycles. The Labute approximate surface area is 188 Å². The van der Waals surface area contributed by atoms with E-state index in [9.17, 15) is 9.90 Å². The van der Waals surface area contributed by atoms with Crippen molar-refractivity contribution in [2.24, 2.45) is 4.99 Å².